The lowest BCUT2D eigenvalue weighted by atomic mass is 10.1. The van der Waals surface area contributed by atoms with Crippen molar-refractivity contribution < 1.29 is 9.15 Å². The van der Waals surface area contributed by atoms with E-state index in [1.54, 1.807) is 0 Å². The predicted octanol–water partition coefficient (Wildman–Crippen LogP) is 4.15. The van der Waals surface area contributed by atoms with Gasteiger partial charge >= 0.3 is 0 Å². The summed E-state index contributed by atoms with van der Waals surface area (Å²) in [6.07, 6.45) is 0.684. The SMILES string of the molecule is BrCOc1ccc(Cc2nc3ccccc3o2)cc1. The van der Waals surface area contributed by atoms with Gasteiger partial charge in [-0.25, -0.2) is 4.98 Å². The largest absolute Gasteiger partial charge is 0.482 e. The van der Waals surface area contributed by atoms with Crippen LogP contribution >= 0.6 is 15.9 Å². The van der Waals surface area contributed by atoms with Crippen LogP contribution in [0.3, 0.4) is 0 Å². The van der Waals surface area contributed by atoms with Crippen LogP contribution in [0.15, 0.2) is 52.9 Å². The Morgan fingerprint density at radius 1 is 1.05 bits per heavy atom. The minimum atomic E-state index is 0.497. The van der Waals surface area contributed by atoms with Crippen molar-refractivity contribution in [1.29, 1.82) is 0 Å². The minimum Gasteiger partial charge on any atom is -0.482 e. The Labute approximate surface area is 119 Å². The lowest BCUT2D eigenvalue weighted by Crippen LogP contribution is -1.91. The van der Waals surface area contributed by atoms with Crippen LogP contribution in [-0.2, 0) is 6.42 Å². The lowest BCUT2D eigenvalue weighted by Gasteiger charge is -2.02. The van der Waals surface area contributed by atoms with Crippen LogP contribution in [0, 0.1) is 0 Å². The predicted molar refractivity (Wildman–Crippen MR) is 77.7 cm³/mol. The molecule has 0 saturated heterocycles. The van der Waals surface area contributed by atoms with E-state index < -0.39 is 0 Å². The van der Waals surface area contributed by atoms with Crippen molar-refractivity contribution in [2.24, 2.45) is 0 Å². The zero-order chi connectivity index (χ0) is 13.1. The van der Waals surface area contributed by atoms with Crippen LogP contribution in [-0.4, -0.2) is 10.5 Å². The van der Waals surface area contributed by atoms with E-state index in [4.69, 9.17) is 9.15 Å². The minimum absolute atomic E-state index is 0.497. The summed E-state index contributed by atoms with van der Waals surface area (Å²) in [5.41, 5.74) is 3.37. The van der Waals surface area contributed by atoms with Crippen molar-refractivity contribution in [2.75, 3.05) is 5.52 Å². The first-order valence-electron chi connectivity index (χ1n) is 5.97. The first-order chi connectivity index (χ1) is 9.35. The quantitative estimate of drug-likeness (QED) is 0.678. The second kappa shape index (κ2) is 5.45. The van der Waals surface area contributed by atoms with E-state index in [2.05, 4.69) is 20.9 Å². The zero-order valence-corrected chi connectivity index (χ0v) is 11.8. The molecule has 0 bridgehead atoms. The number of benzene rings is 2. The van der Waals surface area contributed by atoms with E-state index in [1.165, 1.54) is 0 Å². The average Bonchev–Trinajstić information content (AvgIpc) is 2.83. The van der Waals surface area contributed by atoms with Gasteiger partial charge in [0.2, 0.25) is 0 Å². The molecule has 0 unspecified atom stereocenters. The van der Waals surface area contributed by atoms with E-state index in [-0.39, 0.29) is 0 Å². The number of para-hydroxylation sites is 2. The van der Waals surface area contributed by atoms with E-state index in [1.807, 2.05) is 48.5 Å². The summed E-state index contributed by atoms with van der Waals surface area (Å²) in [7, 11) is 0. The third-order valence-corrected chi connectivity index (χ3v) is 3.07. The molecule has 0 aliphatic rings. The van der Waals surface area contributed by atoms with Crippen molar-refractivity contribution >= 4 is 27.0 Å². The van der Waals surface area contributed by atoms with Gasteiger partial charge in [0.05, 0.1) is 0 Å². The van der Waals surface area contributed by atoms with Gasteiger partial charge in [-0.1, -0.05) is 24.3 Å². The molecule has 0 amide bonds. The molecule has 0 aliphatic heterocycles. The van der Waals surface area contributed by atoms with E-state index in [0.717, 1.165) is 28.3 Å². The number of halogens is 1. The van der Waals surface area contributed by atoms with E-state index in [9.17, 15) is 0 Å². The lowest BCUT2D eigenvalue weighted by molar-refractivity contribution is 0.398. The number of oxazole rings is 1. The summed E-state index contributed by atoms with van der Waals surface area (Å²) < 4.78 is 11.0. The molecule has 19 heavy (non-hydrogen) atoms. The molecular weight excluding hydrogens is 306 g/mol. The van der Waals surface area contributed by atoms with Gasteiger partial charge in [-0.2, -0.15) is 0 Å². The second-order valence-corrected chi connectivity index (χ2v) is 4.61. The highest BCUT2D eigenvalue weighted by Gasteiger charge is 2.06. The van der Waals surface area contributed by atoms with Gasteiger partial charge in [-0.15, -0.1) is 0 Å². The first kappa shape index (κ1) is 12.2. The molecule has 1 aromatic heterocycles. The molecule has 4 heteroatoms. The van der Waals surface area contributed by atoms with Crippen molar-refractivity contribution in [3.05, 3.63) is 60.0 Å². The van der Waals surface area contributed by atoms with Gasteiger partial charge in [0.25, 0.3) is 0 Å². The first-order valence-corrected chi connectivity index (χ1v) is 7.09. The molecular formula is C15H12BrNO2. The standard InChI is InChI=1S/C15H12BrNO2/c16-10-18-12-7-5-11(6-8-12)9-15-17-13-3-1-2-4-14(13)19-15/h1-8H,9-10H2. The number of hydrogen-bond acceptors (Lipinski definition) is 3. The summed E-state index contributed by atoms with van der Waals surface area (Å²) in [5.74, 6) is 1.58. The van der Waals surface area contributed by atoms with Crippen LogP contribution in [0.25, 0.3) is 11.1 Å². The van der Waals surface area contributed by atoms with Crippen LogP contribution in [0.1, 0.15) is 11.5 Å². The number of alkyl halides is 1. The summed E-state index contributed by atoms with van der Waals surface area (Å²) >= 11 is 3.23. The van der Waals surface area contributed by atoms with Gasteiger partial charge in [-0.05, 0) is 45.8 Å². The molecule has 0 aliphatic carbocycles. The number of aromatic nitrogens is 1. The normalized spacial score (nSPS) is 10.8. The fourth-order valence-corrected chi connectivity index (χ4v) is 2.20. The fraction of sp³-hybridized carbons (Fsp3) is 0.133. The Morgan fingerprint density at radius 2 is 1.84 bits per heavy atom. The highest BCUT2D eigenvalue weighted by Crippen LogP contribution is 2.19. The van der Waals surface area contributed by atoms with Crippen molar-refractivity contribution in [1.82, 2.24) is 4.98 Å². The van der Waals surface area contributed by atoms with Crippen LogP contribution in [0.4, 0.5) is 0 Å². The molecule has 0 fully saturated rings. The molecule has 0 atom stereocenters. The molecule has 0 saturated carbocycles. The maximum Gasteiger partial charge on any atom is 0.199 e. The Hall–Kier alpha value is -1.81. The molecule has 96 valence electrons. The number of ether oxygens (including phenoxy) is 1. The van der Waals surface area contributed by atoms with Gasteiger partial charge < -0.3 is 9.15 Å². The van der Waals surface area contributed by atoms with Crippen molar-refractivity contribution in [3.63, 3.8) is 0 Å². The average molecular weight is 318 g/mol. The Balaban J connectivity index is 1.80. The molecule has 0 spiro atoms. The fourth-order valence-electron chi connectivity index (χ4n) is 1.94. The molecule has 0 N–H and O–H groups in total. The van der Waals surface area contributed by atoms with Crippen molar-refractivity contribution in [3.8, 4) is 5.75 Å². The summed E-state index contributed by atoms with van der Waals surface area (Å²) in [5, 5.41) is 0. The smallest absolute Gasteiger partial charge is 0.199 e. The maximum atomic E-state index is 5.70. The molecule has 3 nitrogen and oxygen atoms in total. The highest BCUT2D eigenvalue weighted by atomic mass is 79.9. The summed E-state index contributed by atoms with van der Waals surface area (Å²) in [6.45, 7) is 0. The second-order valence-electron chi connectivity index (χ2n) is 4.15. The number of rotatable bonds is 4. The van der Waals surface area contributed by atoms with Gasteiger partial charge in [-0.3, -0.25) is 0 Å². The monoisotopic (exact) mass is 317 g/mol. The number of hydrogen-bond donors (Lipinski definition) is 0. The molecule has 0 radical (unpaired) electrons. The molecule has 2 aromatic carbocycles. The zero-order valence-electron chi connectivity index (χ0n) is 10.2. The topological polar surface area (TPSA) is 35.3 Å². The van der Waals surface area contributed by atoms with Crippen molar-refractivity contribution in [2.45, 2.75) is 6.42 Å². The highest BCUT2D eigenvalue weighted by molar-refractivity contribution is 9.09. The Kier molecular flexibility index (Phi) is 3.51. The number of fused-ring (bicyclic) bond motifs is 1. The van der Waals surface area contributed by atoms with Gasteiger partial charge in [0.15, 0.2) is 11.5 Å². The third-order valence-electron chi connectivity index (χ3n) is 2.84. The summed E-state index contributed by atoms with van der Waals surface area (Å²) in [4.78, 5) is 4.46. The van der Waals surface area contributed by atoms with Crippen LogP contribution in [0.2, 0.25) is 0 Å². The Morgan fingerprint density at radius 3 is 2.58 bits per heavy atom. The maximum absolute atomic E-state index is 5.70. The summed E-state index contributed by atoms with van der Waals surface area (Å²) in [6, 6.07) is 15.7. The van der Waals surface area contributed by atoms with Gasteiger partial charge in [0.1, 0.15) is 16.8 Å². The van der Waals surface area contributed by atoms with E-state index >= 15 is 0 Å². The third kappa shape index (κ3) is 2.79. The number of nitrogens with zero attached hydrogens (tertiary/aromatic N) is 1. The molecule has 1 heterocycles. The van der Waals surface area contributed by atoms with E-state index in [0.29, 0.717) is 11.9 Å². The van der Waals surface area contributed by atoms with Crippen LogP contribution < -0.4 is 4.74 Å². The Bertz CT molecular complexity index is 643. The van der Waals surface area contributed by atoms with Crippen LogP contribution in [0.5, 0.6) is 5.75 Å². The van der Waals surface area contributed by atoms with Gasteiger partial charge in [0, 0.05) is 6.42 Å². The molecule has 3 aromatic rings. The molecule has 3 rings (SSSR count).